The molecule has 1 amide bonds. The molecular formula is C15H24N4O. The molecule has 3 heterocycles. The van der Waals surface area contributed by atoms with Gasteiger partial charge in [-0.05, 0) is 44.7 Å². The number of hydrogen-bond donors (Lipinski definition) is 2. The second-order valence-corrected chi connectivity index (χ2v) is 6.20. The second-order valence-electron chi connectivity index (χ2n) is 6.20. The van der Waals surface area contributed by atoms with Crippen molar-refractivity contribution in [1.29, 1.82) is 0 Å². The van der Waals surface area contributed by atoms with E-state index in [2.05, 4.69) is 22.4 Å². The minimum atomic E-state index is 0.166. The van der Waals surface area contributed by atoms with E-state index >= 15 is 0 Å². The average Bonchev–Trinajstić information content (AvgIpc) is 2.97. The van der Waals surface area contributed by atoms with Crippen LogP contribution in [0.1, 0.15) is 54.6 Å². The fourth-order valence-corrected chi connectivity index (χ4v) is 3.27. The number of hydrogen-bond acceptors (Lipinski definition) is 3. The first kappa shape index (κ1) is 13.6. The van der Waals surface area contributed by atoms with Gasteiger partial charge in [0.05, 0.1) is 17.5 Å². The SMILES string of the molecule is CC1CCN(C(=O)c2cn[nH]c2C2CCNCC2)CC1. The lowest BCUT2D eigenvalue weighted by molar-refractivity contribution is 0.0695. The van der Waals surface area contributed by atoms with Gasteiger partial charge in [0, 0.05) is 19.0 Å². The van der Waals surface area contributed by atoms with Gasteiger partial charge >= 0.3 is 0 Å². The van der Waals surface area contributed by atoms with Crippen LogP contribution in [0.2, 0.25) is 0 Å². The lowest BCUT2D eigenvalue weighted by atomic mass is 9.91. The van der Waals surface area contributed by atoms with Gasteiger partial charge in [0.2, 0.25) is 0 Å². The summed E-state index contributed by atoms with van der Waals surface area (Å²) >= 11 is 0. The molecule has 2 aliphatic rings. The number of amides is 1. The number of nitrogens with one attached hydrogen (secondary N) is 2. The Morgan fingerprint density at radius 2 is 1.95 bits per heavy atom. The Kier molecular flexibility index (Phi) is 4.05. The maximum Gasteiger partial charge on any atom is 0.257 e. The molecule has 2 saturated heterocycles. The Morgan fingerprint density at radius 3 is 2.65 bits per heavy atom. The van der Waals surface area contributed by atoms with Gasteiger partial charge in [-0.25, -0.2) is 0 Å². The van der Waals surface area contributed by atoms with Crippen LogP contribution < -0.4 is 5.32 Å². The van der Waals surface area contributed by atoms with E-state index in [4.69, 9.17) is 0 Å². The van der Waals surface area contributed by atoms with Crippen LogP contribution in [0.25, 0.3) is 0 Å². The number of rotatable bonds is 2. The third-order valence-corrected chi connectivity index (χ3v) is 4.72. The highest BCUT2D eigenvalue weighted by atomic mass is 16.2. The summed E-state index contributed by atoms with van der Waals surface area (Å²) in [4.78, 5) is 14.7. The Bertz CT molecular complexity index is 456. The van der Waals surface area contributed by atoms with Crippen LogP contribution in [0.3, 0.4) is 0 Å². The van der Waals surface area contributed by atoms with E-state index in [9.17, 15) is 4.79 Å². The maximum atomic E-state index is 12.7. The van der Waals surface area contributed by atoms with Gasteiger partial charge in [-0.1, -0.05) is 6.92 Å². The van der Waals surface area contributed by atoms with Crippen molar-refractivity contribution in [3.63, 3.8) is 0 Å². The summed E-state index contributed by atoms with van der Waals surface area (Å²) in [5.41, 5.74) is 1.85. The van der Waals surface area contributed by atoms with Gasteiger partial charge in [0.1, 0.15) is 0 Å². The second kappa shape index (κ2) is 5.95. The molecule has 0 unspecified atom stereocenters. The Morgan fingerprint density at radius 1 is 1.25 bits per heavy atom. The van der Waals surface area contributed by atoms with Crippen molar-refractivity contribution in [2.24, 2.45) is 5.92 Å². The normalized spacial score (nSPS) is 22.1. The zero-order valence-electron chi connectivity index (χ0n) is 12.2. The first-order valence-electron chi connectivity index (χ1n) is 7.79. The Balaban J connectivity index is 1.73. The molecule has 0 bridgehead atoms. The molecule has 0 spiro atoms. The van der Waals surface area contributed by atoms with E-state index in [-0.39, 0.29) is 5.91 Å². The molecule has 110 valence electrons. The summed E-state index contributed by atoms with van der Waals surface area (Å²) in [5.74, 6) is 1.35. The summed E-state index contributed by atoms with van der Waals surface area (Å²) < 4.78 is 0. The van der Waals surface area contributed by atoms with Crippen LogP contribution in [0, 0.1) is 5.92 Å². The summed E-state index contributed by atoms with van der Waals surface area (Å²) in [6.07, 6.45) is 6.12. The number of carbonyl (C=O) groups excluding carboxylic acids is 1. The first-order chi connectivity index (χ1) is 9.75. The number of H-pyrrole nitrogens is 1. The van der Waals surface area contributed by atoms with Crippen LogP contribution >= 0.6 is 0 Å². The molecular weight excluding hydrogens is 252 g/mol. The molecule has 1 aromatic rings. The topological polar surface area (TPSA) is 61.0 Å². The van der Waals surface area contributed by atoms with E-state index in [0.29, 0.717) is 5.92 Å². The van der Waals surface area contributed by atoms with Crippen molar-refractivity contribution >= 4 is 5.91 Å². The molecule has 0 radical (unpaired) electrons. The lowest BCUT2D eigenvalue weighted by Gasteiger charge is -2.31. The summed E-state index contributed by atoms with van der Waals surface area (Å²) in [7, 11) is 0. The standard InChI is InChI=1S/C15H24N4O/c1-11-4-8-19(9-5-11)15(20)13-10-17-18-14(13)12-2-6-16-7-3-12/h10-12,16H,2-9H2,1H3,(H,17,18). The first-order valence-corrected chi connectivity index (χ1v) is 7.79. The van der Waals surface area contributed by atoms with Crippen molar-refractivity contribution in [1.82, 2.24) is 20.4 Å². The zero-order chi connectivity index (χ0) is 13.9. The van der Waals surface area contributed by atoms with Gasteiger partial charge in [0.25, 0.3) is 5.91 Å². The third kappa shape index (κ3) is 2.73. The molecule has 5 nitrogen and oxygen atoms in total. The molecule has 2 N–H and O–H groups in total. The molecule has 5 heteroatoms. The summed E-state index contributed by atoms with van der Waals surface area (Å²) in [5, 5.41) is 10.6. The molecule has 1 aromatic heterocycles. The van der Waals surface area contributed by atoms with Gasteiger partial charge in [-0.15, -0.1) is 0 Å². The van der Waals surface area contributed by atoms with Crippen LogP contribution in [-0.4, -0.2) is 47.2 Å². The smallest absolute Gasteiger partial charge is 0.257 e. The number of carbonyl (C=O) groups is 1. The molecule has 20 heavy (non-hydrogen) atoms. The minimum absolute atomic E-state index is 0.166. The molecule has 0 aliphatic carbocycles. The van der Waals surface area contributed by atoms with Gasteiger partial charge in [-0.2, -0.15) is 5.10 Å². The average molecular weight is 276 g/mol. The summed E-state index contributed by atoms with van der Waals surface area (Å²) in [6, 6.07) is 0. The molecule has 0 saturated carbocycles. The van der Waals surface area contributed by atoms with Gasteiger partial charge < -0.3 is 10.2 Å². The van der Waals surface area contributed by atoms with Crippen LogP contribution in [-0.2, 0) is 0 Å². The van der Waals surface area contributed by atoms with Gasteiger partial charge in [-0.3, -0.25) is 9.89 Å². The molecule has 0 atom stereocenters. The maximum absolute atomic E-state index is 12.7. The summed E-state index contributed by atoms with van der Waals surface area (Å²) in [6.45, 7) is 6.09. The van der Waals surface area contributed by atoms with Crippen molar-refractivity contribution in [3.8, 4) is 0 Å². The van der Waals surface area contributed by atoms with E-state index in [1.54, 1.807) is 6.20 Å². The third-order valence-electron chi connectivity index (χ3n) is 4.72. The largest absolute Gasteiger partial charge is 0.339 e. The van der Waals surface area contributed by atoms with Crippen molar-refractivity contribution in [3.05, 3.63) is 17.5 Å². The number of aromatic nitrogens is 2. The molecule has 3 rings (SSSR count). The predicted molar refractivity (Wildman–Crippen MR) is 77.7 cm³/mol. The monoisotopic (exact) mass is 276 g/mol. The van der Waals surface area contributed by atoms with Crippen LogP contribution in [0.4, 0.5) is 0 Å². The van der Waals surface area contributed by atoms with E-state index in [0.717, 1.165) is 69.0 Å². The molecule has 2 aliphatic heterocycles. The highest BCUT2D eigenvalue weighted by molar-refractivity contribution is 5.95. The van der Waals surface area contributed by atoms with E-state index < -0.39 is 0 Å². The number of aromatic amines is 1. The Labute approximate surface area is 120 Å². The zero-order valence-corrected chi connectivity index (χ0v) is 12.2. The number of nitrogens with zero attached hydrogens (tertiary/aromatic N) is 2. The fourth-order valence-electron chi connectivity index (χ4n) is 3.27. The van der Waals surface area contributed by atoms with Crippen molar-refractivity contribution in [2.45, 2.75) is 38.5 Å². The minimum Gasteiger partial charge on any atom is -0.339 e. The van der Waals surface area contributed by atoms with Crippen LogP contribution in [0.15, 0.2) is 6.20 Å². The Hall–Kier alpha value is -1.36. The van der Waals surface area contributed by atoms with E-state index in [1.165, 1.54) is 0 Å². The number of likely N-dealkylation sites (tertiary alicyclic amines) is 1. The van der Waals surface area contributed by atoms with Crippen molar-refractivity contribution < 1.29 is 4.79 Å². The van der Waals surface area contributed by atoms with Crippen molar-refractivity contribution in [2.75, 3.05) is 26.2 Å². The van der Waals surface area contributed by atoms with E-state index in [1.807, 2.05) is 4.90 Å². The number of piperidine rings is 2. The molecule has 0 aromatic carbocycles. The fraction of sp³-hybridized carbons (Fsp3) is 0.733. The van der Waals surface area contributed by atoms with Gasteiger partial charge in [0.15, 0.2) is 0 Å². The quantitative estimate of drug-likeness (QED) is 0.865. The lowest BCUT2D eigenvalue weighted by Crippen LogP contribution is -2.38. The predicted octanol–water partition coefficient (Wildman–Crippen LogP) is 1.75. The highest BCUT2D eigenvalue weighted by Crippen LogP contribution is 2.27. The highest BCUT2D eigenvalue weighted by Gasteiger charge is 2.27. The molecule has 2 fully saturated rings. The van der Waals surface area contributed by atoms with Crippen LogP contribution in [0.5, 0.6) is 0 Å².